The third-order valence-corrected chi connectivity index (χ3v) is 4.28. The molecule has 0 atom stereocenters. The zero-order valence-electron chi connectivity index (χ0n) is 14.9. The number of rotatable bonds is 7. The first kappa shape index (κ1) is 17.2. The van der Waals surface area contributed by atoms with Crippen molar-refractivity contribution in [3.8, 4) is 28.0 Å². The average molecular weight is 332 g/mol. The molecule has 3 rings (SSSR count). The van der Waals surface area contributed by atoms with Gasteiger partial charge in [0.05, 0.1) is 6.61 Å². The fraction of sp³-hybridized carbons (Fsp3) is 0.217. The van der Waals surface area contributed by atoms with Crippen molar-refractivity contribution in [2.75, 3.05) is 20.3 Å². The van der Waals surface area contributed by atoms with E-state index in [1.807, 2.05) is 12.1 Å². The van der Waals surface area contributed by atoms with Crippen LogP contribution in [0, 0.1) is 0 Å². The average Bonchev–Trinajstić information content (AvgIpc) is 2.69. The molecule has 0 N–H and O–H groups in total. The summed E-state index contributed by atoms with van der Waals surface area (Å²) in [5.74, 6) is 0.870. The second-order valence-corrected chi connectivity index (χ2v) is 6.00. The standard InChI is InChI=1S/C23H24O2/c1-3-18-6-4-7-21(16-18)19-10-12-20(13-11-19)22-8-5-9-23(17-22)25-15-14-24-2/h4-13,16-17H,3,14-15H2,1-2H3. The number of ether oxygens (including phenoxy) is 2. The van der Waals surface area contributed by atoms with Gasteiger partial charge >= 0.3 is 0 Å². The molecule has 0 aliphatic carbocycles. The summed E-state index contributed by atoms with van der Waals surface area (Å²) < 4.78 is 10.7. The van der Waals surface area contributed by atoms with Gasteiger partial charge in [0, 0.05) is 7.11 Å². The van der Waals surface area contributed by atoms with E-state index in [0.717, 1.165) is 17.7 Å². The largest absolute Gasteiger partial charge is 0.491 e. The van der Waals surface area contributed by atoms with Gasteiger partial charge in [0.15, 0.2) is 0 Å². The molecular formula is C23H24O2. The molecule has 0 fully saturated rings. The van der Waals surface area contributed by atoms with Gasteiger partial charge in [-0.15, -0.1) is 0 Å². The highest BCUT2D eigenvalue weighted by Gasteiger charge is 2.03. The van der Waals surface area contributed by atoms with Gasteiger partial charge in [-0.05, 0) is 46.4 Å². The summed E-state index contributed by atoms with van der Waals surface area (Å²) in [6.45, 7) is 3.34. The minimum absolute atomic E-state index is 0.562. The third-order valence-electron chi connectivity index (χ3n) is 4.28. The molecule has 0 saturated carbocycles. The summed E-state index contributed by atoms with van der Waals surface area (Å²) in [5, 5.41) is 0. The van der Waals surface area contributed by atoms with E-state index < -0.39 is 0 Å². The van der Waals surface area contributed by atoms with Crippen molar-refractivity contribution in [1.82, 2.24) is 0 Å². The Morgan fingerprint density at radius 2 is 1.32 bits per heavy atom. The van der Waals surface area contributed by atoms with Crippen LogP contribution in [0.5, 0.6) is 5.75 Å². The van der Waals surface area contributed by atoms with Crippen molar-refractivity contribution < 1.29 is 9.47 Å². The maximum absolute atomic E-state index is 5.70. The molecule has 0 amide bonds. The predicted octanol–water partition coefficient (Wildman–Crippen LogP) is 5.61. The number of hydrogen-bond acceptors (Lipinski definition) is 2. The molecule has 0 saturated heterocycles. The lowest BCUT2D eigenvalue weighted by molar-refractivity contribution is 0.146. The third kappa shape index (κ3) is 4.49. The molecular weight excluding hydrogens is 308 g/mol. The van der Waals surface area contributed by atoms with Gasteiger partial charge in [-0.3, -0.25) is 0 Å². The van der Waals surface area contributed by atoms with Crippen molar-refractivity contribution in [2.45, 2.75) is 13.3 Å². The van der Waals surface area contributed by atoms with E-state index in [2.05, 4.69) is 67.6 Å². The first-order valence-electron chi connectivity index (χ1n) is 8.71. The smallest absolute Gasteiger partial charge is 0.120 e. The summed E-state index contributed by atoms with van der Waals surface area (Å²) in [6, 6.07) is 25.6. The monoisotopic (exact) mass is 332 g/mol. The lowest BCUT2D eigenvalue weighted by Crippen LogP contribution is -2.04. The van der Waals surface area contributed by atoms with Crippen LogP contribution in [0.1, 0.15) is 12.5 Å². The van der Waals surface area contributed by atoms with E-state index >= 15 is 0 Å². The second kappa shape index (κ2) is 8.50. The molecule has 0 heterocycles. The molecule has 2 nitrogen and oxygen atoms in total. The molecule has 3 aromatic rings. The van der Waals surface area contributed by atoms with E-state index in [4.69, 9.17) is 9.47 Å². The number of aryl methyl sites for hydroxylation is 1. The zero-order valence-corrected chi connectivity index (χ0v) is 14.9. The molecule has 25 heavy (non-hydrogen) atoms. The Morgan fingerprint density at radius 1 is 0.680 bits per heavy atom. The van der Waals surface area contributed by atoms with Crippen LogP contribution in [-0.2, 0) is 11.2 Å². The molecule has 0 bridgehead atoms. The van der Waals surface area contributed by atoms with Crippen LogP contribution < -0.4 is 4.74 Å². The SMILES string of the molecule is CCc1cccc(-c2ccc(-c3cccc(OCCOC)c3)cc2)c1. The predicted molar refractivity (Wildman–Crippen MR) is 104 cm³/mol. The Bertz CT molecular complexity index is 806. The van der Waals surface area contributed by atoms with E-state index in [0.29, 0.717) is 13.2 Å². The molecule has 0 aliphatic rings. The maximum atomic E-state index is 5.70. The van der Waals surface area contributed by atoms with Gasteiger partial charge in [0.1, 0.15) is 12.4 Å². The number of hydrogen-bond donors (Lipinski definition) is 0. The lowest BCUT2D eigenvalue weighted by Gasteiger charge is -2.09. The molecule has 3 aromatic carbocycles. The van der Waals surface area contributed by atoms with Gasteiger partial charge in [0.2, 0.25) is 0 Å². The Morgan fingerprint density at radius 3 is 1.96 bits per heavy atom. The van der Waals surface area contributed by atoms with Crippen LogP contribution in [-0.4, -0.2) is 20.3 Å². The summed E-state index contributed by atoms with van der Waals surface area (Å²) in [4.78, 5) is 0. The molecule has 128 valence electrons. The summed E-state index contributed by atoms with van der Waals surface area (Å²) in [5.41, 5.74) is 6.22. The Kier molecular flexibility index (Phi) is 5.86. The number of methoxy groups -OCH3 is 1. The van der Waals surface area contributed by atoms with Crippen LogP contribution >= 0.6 is 0 Å². The summed E-state index contributed by atoms with van der Waals surface area (Å²) in [7, 11) is 1.68. The van der Waals surface area contributed by atoms with Crippen molar-refractivity contribution in [3.63, 3.8) is 0 Å². The number of benzene rings is 3. The van der Waals surface area contributed by atoms with Gasteiger partial charge < -0.3 is 9.47 Å². The quantitative estimate of drug-likeness (QED) is 0.524. The minimum atomic E-state index is 0.562. The van der Waals surface area contributed by atoms with Crippen molar-refractivity contribution >= 4 is 0 Å². The minimum Gasteiger partial charge on any atom is -0.491 e. The van der Waals surface area contributed by atoms with Crippen LogP contribution in [0.25, 0.3) is 22.3 Å². The highest BCUT2D eigenvalue weighted by atomic mass is 16.5. The molecule has 0 aromatic heterocycles. The highest BCUT2D eigenvalue weighted by Crippen LogP contribution is 2.27. The Balaban J connectivity index is 1.79. The lowest BCUT2D eigenvalue weighted by atomic mass is 9.98. The van der Waals surface area contributed by atoms with Crippen LogP contribution in [0.3, 0.4) is 0 Å². The summed E-state index contributed by atoms with van der Waals surface area (Å²) >= 11 is 0. The van der Waals surface area contributed by atoms with Crippen LogP contribution in [0.2, 0.25) is 0 Å². The molecule has 0 radical (unpaired) electrons. The van der Waals surface area contributed by atoms with Crippen LogP contribution in [0.15, 0.2) is 72.8 Å². The molecule has 0 aliphatic heterocycles. The highest BCUT2D eigenvalue weighted by molar-refractivity contribution is 5.71. The fourth-order valence-electron chi connectivity index (χ4n) is 2.83. The first-order chi connectivity index (χ1) is 12.3. The molecule has 0 spiro atoms. The van der Waals surface area contributed by atoms with Crippen molar-refractivity contribution in [2.24, 2.45) is 0 Å². The van der Waals surface area contributed by atoms with E-state index in [1.54, 1.807) is 7.11 Å². The van der Waals surface area contributed by atoms with E-state index in [-0.39, 0.29) is 0 Å². The molecule has 0 unspecified atom stereocenters. The Hall–Kier alpha value is -2.58. The zero-order chi connectivity index (χ0) is 17.5. The van der Waals surface area contributed by atoms with Gasteiger partial charge in [0.25, 0.3) is 0 Å². The normalized spacial score (nSPS) is 10.6. The van der Waals surface area contributed by atoms with Crippen molar-refractivity contribution in [3.05, 3.63) is 78.4 Å². The van der Waals surface area contributed by atoms with Crippen LogP contribution in [0.4, 0.5) is 0 Å². The fourth-order valence-corrected chi connectivity index (χ4v) is 2.83. The van der Waals surface area contributed by atoms with Crippen molar-refractivity contribution in [1.29, 1.82) is 0 Å². The van der Waals surface area contributed by atoms with Gasteiger partial charge in [-0.25, -0.2) is 0 Å². The van der Waals surface area contributed by atoms with Gasteiger partial charge in [-0.2, -0.15) is 0 Å². The second-order valence-electron chi connectivity index (χ2n) is 6.00. The topological polar surface area (TPSA) is 18.5 Å². The van der Waals surface area contributed by atoms with E-state index in [9.17, 15) is 0 Å². The van der Waals surface area contributed by atoms with Gasteiger partial charge in [-0.1, -0.05) is 67.6 Å². The Labute approximate surface area is 150 Å². The van der Waals surface area contributed by atoms with E-state index in [1.165, 1.54) is 22.3 Å². The summed E-state index contributed by atoms with van der Waals surface area (Å²) in [6.07, 6.45) is 1.06. The maximum Gasteiger partial charge on any atom is 0.120 e. The first-order valence-corrected chi connectivity index (χ1v) is 8.71. The molecule has 2 heteroatoms.